The third-order valence-electron chi connectivity index (χ3n) is 4.34. The predicted molar refractivity (Wildman–Crippen MR) is 72.5 cm³/mol. The fourth-order valence-electron chi connectivity index (χ4n) is 2.90. The summed E-state index contributed by atoms with van der Waals surface area (Å²) in [6.45, 7) is 4.79. The van der Waals surface area contributed by atoms with Gasteiger partial charge in [0.05, 0.1) is 12.5 Å². The average Bonchev–Trinajstić information content (AvgIpc) is 2.72. The van der Waals surface area contributed by atoms with E-state index in [4.69, 9.17) is 4.42 Å². The highest BCUT2D eigenvalue weighted by atomic mass is 16.3. The van der Waals surface area contributed by atoms with Gasteiger partial charge in [-0.3, -0.25) is 9.69 Å². The zero-order chi connectivity index (χ0) is 13.1. The van der Waals surface area contributed by atoms with Crippen LogP contribution in [0.5, 0.6) is 0 Å². The molecule has 104 valence electrons. The third-order valence-corrected chi connectivity index (χ3v) is 4.34. The number of furan rings is 1. The van der Waals surface area contributed by atoms with Gasteiger partial charge >= 0.3 is 0 Å². The van der Waals surface area contributed by atoms with E-state index in [-0.39, 0.29) is 0 Å². The third kappa shape index (κ3) is 3.00. The van der Waals surface area contributed by atoms with Gasteiger partial charge in [0.2, 0.25) is 5.91 Å². The van der Waals surface area contributed by atoms with Gasteiger partial charge in [-0.1, -0.05) is 6.42 Å². The highest BCUT2D eigenvalue weighted by molar-refractivity contribution is 5.79. The summed E-state index contributed by atoms with van der Waals surface area (Å²) in [7, 11) is 0. The lowest BCUT2D eigenvalue weighted by Crippen LogP contribution is -2.41. The lowest BCUT2D eigenvalue weighted by Gasteiger charge is -2.31. The zero-order valence-corrected chi connectivity index (χ0v) is 11.4. The Kier molecular flexibility index (Phi) is 3.87. The van der Waals surface area contributed by atoms with Crippen molar-refractivity contribution in [3.8, 4) is 0 Å². The minimum Gasteiger partial charge on any atom is -0.472 e. The Bertz CT molecular complexity index is 412. The van der Waals surface area contributed by atoms with Crippen LogP contribution in [0, 0.1) is 5.92 Å². The van der Waals surface area contributed by atoms with Crippen molar-refractivity contribution in [1.82, 2.24) is 9.80 Å². The van der Waals surface area contributed by atoms with Crippen molar-refractivity contribution in [3.63, 3.8) is 0 Å². The van der Waals surface area contributed by atoms with E-state index in [2.05, 4.69) is 9.80 Å². The van der Waals surface area contributed by atoms with Gasteiger partial charge in [-0.05, 0) is 25.3 Å². The lowest BCUT2D eigenvalue weighted by atomic mass is 9.84. The van der Waals surface area contributed by atoms with Crippen molar-refractivity contribution in [2.45, 2.75) is 32.2 Å². The second kappa shape index (κ2) is 5.78. The largest absolute Gasteiger partial charge is 0.472 e. The van der Waals surface area contributed by atoms with Gasteiger partial charge in [-0.2, -0.15) is 0 Å². The van der Waals surface area contributed by atoms with Gasteiger partial charge in [-0.25, -0.2) is 0 Å². The maximum Gasteiger partial charge on any atom is 0.225 e. The summed E-state index contributed by atoms with van der Waals surface area (Å²) in [5.74, 6) is 0.733. The number of amides is 1. The summed E-state index contributed by atoms with van der Waals surface area (Å²) < 4.78 is 5.11. The van der Waals surface area contributed by atoms with Gasteiger partial charge in [0, 0.05) is 44.2 Å². The summed E-state index contributed by atoms with van der Waals surface area (Å²) in [5.41, 5.74) is 1.22. The highest BCUT2D eigenvalue weighted by Crippen LogP contribution is 2.28. The first kappa shape index (κ1) is 12.7. The minimum absolute atomic E-state index is 0.334. The summed E-state index contributed by atoms with van der Waals surface area (Å²) in [6, 6.07) is 2.02. The van der Waals surface area contributed by atoms with E-state index < -0.39 is 0 Å². The van der Waals surface area contributed by atoms with Gasteiger partial charge < -0.3 is 9.32 Å². The molecule has 0 spiro atoms. The van der Waals surface area contributed by atoms with E-state index >= 15 is 0 Å². The van der Waals surface area contributed by atoms with E-state index in [0.29, 0.717) is 11.8 Å². The van der Waals surface area contributed by atoms with E-state index in [1.54, 1.807) is 6.26 Å². The molecule has 0 bridgehead atoms. The molecule has 1 saturated carbocycles. The van der Waals surface area contributed by atoms with Crippen molar-refractivity contribution >= 4 is 5.91 Å². The van der Waals surface area contributed by atoms with Crippen LogP contribution < -0.4 is 0 Å². The normalized spacial score (nSPS) is 22.0. The van der Waals surface area contributed by atoms with Crippen molar-refractivity contribution in [1.29, 1.82) is 0 Å². The molecule has 1 amide bonds. The van der Waals surface area contributed by atoms with Crippen LogP contribution in [0.3, 0.4) is 0 Å². The van der Waals surface area contributed by atoms with Crippen molar-refractivity contribution < 1.29 is 9.21 Å². The molecule has 0 aromatic carbocycles. The summed E-state index contributed by atoms with van der Waals surface area (Å²) >= 11 is 0. The van der Waals surface area contributed by atoms with E-state index in [0.717, 1.165) is 52.0 Å². The first-order valence-corrected chi connectivity index (χ1v) is 7.35. The Labute approximate surface area is 114 Å². The monoisotopic (exact) mass is 262 g/mol. The molecule has 19 heavy (non-hydrogen) atoms. The first-order chi connectivity index (χ1) is 9.33. The van der Waals surface area contributed by atoms with Gasteiger partial charge in [-0.15, -0.1) is 0 Å². The quantitative estimate of drug-likeness (QED) is 0.837. The number of hydrogen-bond donors (Lipinski definition) is 0. The predicted octanol–water partition coefficient (Wildman–Crippen LogP) is 2.11. The fraction of sp³-hybridized carbons (Fsp3) is 0.667. The molecule has 0 unspecified atom stereocenters. The Morgan fingerprint density at radius 3 is 2.79 bits per heavy atom. The Morgan fingerprint density at radius 2 is 2.11 bits per heavy atom. The molecule has 4 heteroatoms. The fourth-order valence-corrected chi connectivity index (χ4v) is 2.90. The number of carbonyl (C=O) groups excluding carboxylic acids is 1. The van der Waals surface area contributed by atoms with Gasteiger partial charge in [0.25, 0.3) is 0 Å². The minimum atomic E-state index is 0.334. The van der Waals surface area contributed by atoms with Crippen molar-refractivity contribution in [2.75, 3.05) is 26.2 Å². The van der Waals surface area contributed by atoms with Crippen LogP contribution >= 0.6 is 0 Å². The van der Waals surface area contributed by atoms with Gasteiger partial charge in [0.1, 0.15) is 0 Å². The summed E-state index contributed by atoms with van der Waals surface area (Å²) in [4.78, 5) is 16.7. The molecule has 1 aromatic rings. The second-order valence-electron chi connectivity index (χ2n) is 5.71. The van der Waals surface area contributed by atoms with E-state index in [1.807, 2.05) is 12.3 Å². The molecule has 4 nitrogen and oxygen atoms in total. The SMILES string of the molecule is O=C(C1CCC1)N1CCCN(Cc2ccoc2)CC1. The van der Waals surface area contributed by atoms with E-state index in [9.17, 15) is 4.79 Å². The highest BCUT2D eigenvalue weighted by Gasteiger charge is 2.30. The average molecular weight is 262 g/mol. The molecule has 1 saturated heterocycles. The summed E-state index contributed by atoms with van der Waals surface area (Å²) in [5, 5.41) is 0. The maximum absolute atomic E-state index is 12.2. The molecule has 3 rings (SSSR count). The molecule has 0 N–H and O–H groups in total. The Balaban J connectivity index is 1.52. The van der Waals surface area contributed by atoms with Crippen LogP contribution in [-0.4, -0.2) is 41.9 Å². The van der Waals surface area contributed by atoms with Crippen molar-refractivity contribution in [2.24, 2.45) is 5.92 Å². The van der Waals surface area contributed by atoms with Crippen LogP contribution in [0.4, 0.5) is 0 Å². The van der Waals surface area contributed by atoms with Crippen LogP contribution in [-0.2, 0) is 11.3 Å². The lowest BCUT2D eigenvalue weighted by molar-refractivity contribution is -0.138. The molecule has 2 heterocycles. The Hall–Kier alpha value is -1.29. The summed E-state index contributed by atoms with van der Waals surface area (Å²) in [6.07, 6.45) is 8.05. The van der Waals surface area contributed by atoms with E-state index in [1.165, 1.54) is 12.0 Å². The van der Waals surface area contributed by atoms with Crippen LogP contribution in [0.15, 0.2) is 23.0 Å². The number of carbonyl (C=O) groups is 1. The molecule has 0 atom stereocenters. The first-order valence-electron chi connectivity index (χ1n) is 7.35. The molecule has 0 radical (unpaired) electrons. The molecule has 2 aliphatic rings. The topological polar surface area (TPSA) is 36.7 Å². The molecular formula is C15H22N2O2. The smallest absolute Gasteiger partial charge is 0.225 e. The van der Waals surface area contributed by atoms with Crippen molar-refractivity contribution in [3.05, 3.63) is 24.2 Å². The van der Waals surface area contributed by atoms with Crippen LogP contribution in [0.2, 0.25) is 0 Å². The number of hydrogen-bond acceptors (Lipinski definition) is 3. The van der Waals surface area contributed by atoms with Crippen LogP contribution in [0.25, 0.3) is 0 Å². The van der Waals surface area contributed by atoms with Gasteiger partial charge in [0.15, 0.2) is 0 Å². The molecule has 1 aliphatic heterocycles. The maximum atomic E-state index is 12.2. The molecular weight excluding hydrogens is 240 g/mol. The standard InChI is InChI=1S/C15H22N2O2/c18-15(14-3-1-4-14)17-7-2-6-16(8-9-17)11-13-5-10-19-12-13/h5,10,12,14H,1-4,6-9,11H2. The molecule has 1 aromatic heterocycles. The number of nitrogens with zero attached hydrogens (tertiary/aromatic N) is 2. The molecule has 2 fully saturated rings. The zero-order valence-electron chi connectivity index (χ0n) is 11.4. The second-order valence-corrected chi connectivity index (χ2v) is 5.71. The Morgan fingerprint density at radius 1 is 1.21 bits per heavy atom. The molecule has 1 aliphatic carbocycles. The number of rotatable bonds is 3. The van der Waals surface area contributed by atoms with Crippen LogP contribution in [0.1, 0.15) is 31.2 Å².